The highest BCUT2D eigenvalue weighted by atomic mass is 32.2. The summed E-state index contributed by atoms with van der Waals surface area (Å²) in [6.45, 7) is 3.09. The van der Waals surface area contributed by atoms with Gasteiger partial charge in [0.25, 0.3) is 5.91 Å². The first-order valence-electron chi connectivity index (χ1n) is 11.6. The Morgan fingerprint density at radius 1 is 1.19 bits per heavy atom. The number of amides is 2. The van der Waals surface area contributed by atoms with Crippen LogP contribution < -0.4 is 5.32 Å². The molecule has 7 nitrogen and oxygen atoms in total. The smallest absolute Gasteiger partial charge is 0.254 e. The number of likely N-dealkylation sites (tertiary alicyclic amines) is 1. The lowest BCUT2D eigenvalue weighted by Crippen LogP contribution is -2.47. The van der Waals surface area contributed by atoms with Gasteiger partial charge in [0.05, 0.1) is 17.5 Å². The molecular weight excluding hydrogens is 490 g/mol. The molecule has 1 heterocycles. The first-order chi connectivity index (χ1) is 16.9. The zero-order valence-electron chi connectivity index (χ0n) is 20.2. The molecule has 0 saturated carbocycles. The normalized spacial score (nSPS) is 20.2. The summed E-state index contributed by atoms with van der Waals surface area (Å²) < 4.78 is 53.0. The van der Waals surface area contributed by atoms with Crippen molar-refractivity contribution in [2.24, 2.45) is 5.92 Å². The minimum Gasteiger partial charge on any atom is -0.392 e. The largest absolute Gasteiger partial charge is 0.392 e. The predicted molar refractivity (Wildman–Crippen MR) is 129 cm³/mol. The van der Waals surface area contributed by atoms with Crippen molar-refractivity contribution >= 4 is 21.7 Å². The average molecular weight is 519 g/mol. The molecule has 2 amide bonds. The van der Waals surface area contributed by atoms with Crippen LogP contribution in [0.2, 0.25) is 0 Å². The number of carbonyl (C=O) groups is 2. The number of benzene rings is 2. The molecule has 1 aliphatic heterocycles. The lowest BCUT2D eigenvalue weighted by atomic mass is 10.00. The third-order valence-corrected chi connectivity index (χ3v) is 7.78. The average Bonchev–Trinajstić information content (AvgIpc) is 3.59. The van der Waals surface area contributed by atoms with Gasteiger partial charge in [-0.2, -0.15) is 0 Å². The van der Waals surface area contributed by atoms with Crippen molar-refractivity contribution in [3.05, 3.63) is 75.9 Å². The number of aryl methyl sites for hydroxylation is 1. The van der Waals surface area contributed by atoms with Crippen molar-refractivity contribution in [1.82, 2.24) is 10.2 Å². The highest BCUT2D eigenvalue weighted by molar-refractivity contribution is 7.90. The van der Waals surface area contributed by atoms with Crippen LogP contribution in [0.3, 0.4) is 0 Å². The monoisotopic (exact) mass is 518 g/mol. The summed E-state index contributed by atoms with van der Waals surface area (Å²) in [6.07, 6.45) is 3.73. The fourth-order valence-electron chi connectivity index (χ4n) is 4.58. The van der Waals surface area contributed by atoms with Crippen molar-refractivity contribution < 1.29 is 31.9 Å². The molecule has 1 aliphatic carbocycles. The maximum atomic E-state index is 14.7. The summed E-state index contributed by atoms with van der Waals surface area (Å²) >= 11 is 0. The Kier molecular flexibility index (Phi) is 7.03. The minimum absolute atomic E-state index is 0.000395. The molecule has 2 N–H and O–H groups in total. The molecule has 36 heavy (non-hydrogen) atoms. The highest BCUT2D eigenvalue weighted by Crippen LogP contribution is 2.36. The lowest BCUT2D eigenvalue weighted by Gasteiger charge is -2.27. The highest BCUT2D eigenvalue weighted by Gasteiger charge is 2.40. The van der Waals surface area contributed by atoms with E-state index < -0.39 is 52.0 Å². The number of halogens is 2. The standard InChI is InChI=1S/C26H28F2N2O5S/c1-14-8-23(25(32)29-24(16-4-5-16)20-11-21(27)15(2)9-22(20)28)30(12-14)26(33)19-10-18(36(3,34)35)7-6-17(19)13-31/h4,6-7,9-11,14,23-24,31H,5,8,12-13H2,1-3H3,(H,29,32)/t14-,23-,24-/m1/s1. The molecule has 0 bridgehead atoms. The second-order valence-corrected chi connectivity index (χ2v) is 11.6. The van der Waals surface area contributed by atoms with E-state index in [1.54, 1.807) is 0 Å². The number of rotatable bonds is 7. The third-order valence-electron chi connectivity index (χ3n) is 6.67. The summed E-state index contributed by atoms with van der Waals surface area (Å²) in [6, 6.07) is 4.32. The molecule has 2 aromatic carbocycles. The quantitative estimate of drug-likeness (QED) is 0.548. The molecule has 0 spiro atoms. The number of nitrogens with zero attached hydrogens (tertiary/aromatic N) is 1. The van der Waals surface area contributed by atoms with E-state index in [0.717, 1.165) is 24.0 Å². The van der Waals surface area contributed by atoms with Crippen LogP contribution in [0.15, 0.2) is 46.9 Å². The first-order valence-corrected chi connectivity index (χ1v) is 13.5. The molecule has 1 saturated heterocycles. The van der Waals surface area contributed by atoms with Crippen LogP contribution in [0, 0.1) is 24.5 Å². The van der Waals surface area contributed by atoms with Crippen LogP contribution in [0.25, 0.3) is 0 Å². The Morgan fingerprint density at radius 3 is 2.50 bits per heavy atom. The number of allylic oxidation sites excluding steroid dienone is 1. The van der Waals surface area contributed by atoms with Gasteiger partial charge >= 0.3 is 0 Å². The molecule has 10 heteroatoms. The summed E-state index contributed by atoms with van der Waals surface area (Å²) in [4.78, 5) is 28.2. The molecule has 192 valence electrons. The number of aliphatic hydroxyl groups excluding tert-OH is 1. The van der Waals surface area contributed by atoms with Crippen molar-refractivity contribution in [1.29, 1.82) is 0 Å². The number of aliphatic hydroxyl groups is 1. The maximum absolute atomic E-state index is 14.7. The number of nitrogens with one attached hydrogen (secondary N) is 1. The van der Waals surface area contributed by atoms with Gasteiger partial charge in [-0.3, -0.25) is 9.59 Å². The van der Waals surface area contributed by atoms with Crippen molar-refractivity contribution in [3.63, 3.8) is 0 Å². The second-order valence-electron chi connectivity index (χ2n) is 9.61. The van der Waals surface area contributed by atoms with Crippen LogP contribution in [-0.2, 0) is 21.2 Å². The van der Waals surface area contributed by atoms with Crippen molar-refractivity contribution in [3.8, 4) is 0 Å². The van der Waals surface area contributed by atoms with Gasteiger partial charge in [-0.25, -0.2) is 17.2 Å². The Labute approximate surface area is 208 Å². The van der Waals surface area contributed by atoms with Crippen molar-refractivity contribution in [2.75, 3.05) is 12.8 Å². The predicted octanol–water partition coefficient (Wildman–Crippen LogP) is 3.21. The third kappa shape index (κ3) is 5.19. The SMILES string of the molecule is Cc1cc(F)c([C@H](NC(=O)[C@H]2C[C@@H](C)CN2C(=O)c2cc(S(C)(=O)=O)ccc2CO)C2=CC2)cc1F. The first kappa shape index (κ1) is 26.0. The summed E-state index contributed by atoms with van der Waals surface area (Å²) in [5.74, 6) is -2.35. The maximum Gasteiger partial charge on any atom is 0.254 e. The summed E-state index contributed by atoms with van der Waals surface area (Å²) in [5.41, 5.74) is 1.16. The molecule has 3 atom stereocenters. The second kappa shape index (κ2) is 9.74. The summed E-state index contributed by atoms with van der Waals surface area (Å²) in [7, 11) is -3.61. The van der Waals surface area contributed by atoms with E-state index in [2.05, 4.69) is 5.32 Å². The Morgan fingerprint density at radius 2 is 1.89 bits per heavy atom. The molecule has 0 unspecified atom stereocenters. The lowest BCUT2D eigenvalue weighted by molar-refractivity contribution is -0.125. The molecule has 2 aromatic rings. The Bertz CT molecular complexity index is 1370. The number of sulfone groups is 1. The summed E-state index contributed by atoms with van der Waals surface area (Å²) in [5, 5.41) is 12.5. The molecule has 0 aromatic heterocycles. The van der Waals surface area contributed by atoms with E-state index >= 15 is 0 Å². The minimum atomic E-state index is -3.61. The van der Waals surface area contributed by atoms with Crippen LogP contribution in [-0.4, -0.2) is 49.1 Å². The van der Waals surface area contributed by atoms with Gasteiger partial charge in [0.2, 0.25) is 5.91 Å². The Hall–Kier alpha value is -3.11. The Balaban J connectivity index is 1.63. The van der Waals surface area contributed by atoms with Crippen LogP contribution in [0.4, 0.5) is 8.78 Å². The zero-order valence-corrected chi connectivity index (χ0v) is 21.0. The van der Waals surface area contributed by atoms with Gasteiger partial charge in [-0.1, -0.05) is 19.1 Å². The van der Waals surface area contributed by atoms with E-state index in [9.17, 15) is 31.9 Å². The molecular formula is C26H28F2N2O5S. The number of hydrogen-bond acceptors (Lipinski definition) is 5. The number of hydrogen-bond donors (Lipinski definition) is 2. The fraction of sp³-hybridized carbons (Fsp3) is 0.385. The van der Waals surface area contributed by atoms with Gasteiger partial charge in [0, 0.05) is 23.9 Å². The topological polar surface area (TPSA) is 104 Å². The van der Waals surface area contributed by atoms with Gasteiger partial charge in [0.1, 0.15) is 17.7 Å². The van der Waals surface area contributed by atoms with Gasteiger partial charge in [-0.05, 0) is 66.6 Å². The van der Waals surface area contributed by atoms with Crippen LogP contribution >= 0.6 is 0 Å². The van der Waals surface area contributed by atoms with Gasteiger partial charge < -0.3 is 15.3 Å². The van der Waals surface area contributed by atoms with Gasteiger partial charge in [0.15, 0.2) is 9.84 Å². The van der Waals surface area contributed by atoms with E-state index in [0.29, 0.717) is 12.8 Å². The van der Waals surface area contributed by atoms with E-state index in [-0.39, 0.29) is 39.6 Å². The molecule has 1 fully saturated rings. The van der Waals surface area contributed by atoms with Crippen LogP contribution in [0.1, 0.15) is 52.9 Å². The van der Waals surface area contributed by atoms with Crippen molar-refractivity contribution in [2.45, 2.75) is 50.3 Å². The number of carbonyl (C=O) groups excluding carboxylic acids is 2. The molecule has 0 radical (unpaired) electrons. The van der Waals surface area contributed by atoms with E-state index in [1.807, 2.05) is 13.0 Å². The zero-order chi connectivity index (χ0) is 26.4. The van der Waals surface area contributed by atoms with E-state index in [1.165, 1.54) is 30.0 Å². The van der Waals surface area contributed by atoms with Crippen LogP contribution in [0.5, 0.6) is 0 Å². The van der Waals surface area contributed by atoms with E-state index in [4.69, 9.17) is 0 Å². The fourth-order valence-corrected chi connectivity index (χ4v) is 5.23. The molecule has 2 aliphatic rings. The molecule has 4 rings (SSSR count). The van der Waals surface area contributed by atoms with Gasteiger partial charge in [-0.15, -0.1) is 0 Å².